The first kappa shape index (κ1) is 22.7. The van der Waals surface area contributed by atoms with Gasteiger partial charge in [0.05, 0.1) is 36.9 Å². The van der Waals surface area contributed by atoms with E-state index in [1.807, 2.05) is 35.7 Å². The van der Waals surface area contributed by atoms with Gasteiger partial charge in [-0.05, 0) is 24.1 Å². The van der Waals surface area contributed by atoms with Crippen LogP contribution in [0.5, 0.6) is 11.5 Å². The van der Waals surface area contributed by atoms with E-state index < -0.39 is 22.0 Å². The number of ether oxygens (including phenoxy) is 2. The molecule has 1 unspecified atom stereocenters. The van der Waals surface area contributed by atoms with Gasteiger partial charge < -0.3 is 14.8 Å². The van der Waals surface area contributed by atoms with Gasteiger partial charge in [0.15, 0.2) is 11.5 Å². The summed E-state index contributed by atoms with van der Waals surface area (Å²) in [5.74, 6) is 0.238. The molecular formula is C21H23N3O5S2. The van der Waals surface area contributed by atoms with Gasteiger partial charge in [0, 0.05) is 11.4 Å². The van der Waals surface area contributed by atoms with Crippen molar-refractivity contribution in [1.82, 2.24) is 15.0 Å². The summed E-state index contributed by atoms with van der Waals surface area (Å²) in [4.78, 5) is 17.0. The first-order valence-electron chi connectivity index (χ1n) is 9.36. The van der Waals surface area contributed by atoms with Crippen molar-refractivity contribution >= 4 is 27.3 Å². The van der Waals surface area contributed by atoms with E-state index in [2.05, 4.69) is 15.0 Å². The predicted molar refractivity (Wildman–Crippen MR) is 118 cm³/mol. The largest absolute Gasteiger partial charge is 0.493 e. The van der Waals surface area contributed by atoms with Crippen LogP contribution in [0.15, 0.2) is 64.3 Å². The van der Waals surface area contributed by atoms with Crippen molar-refractivity contribution in [1.29, 1.82) is 0 Å². The zero-order valence-electron chi connectivity index (χ0n) is 17.1. The molecule has 3 rings (SSSR count). The average molecular weight is 462 g/mol. The fraction of sp³-hybridized carbons (Fsp3) is 0.238. The molecule has 10 heteroatoms. The lowest BCUT2D eigenvalue weighted by atomic mass is 10.1. The highest BCUT2D eigenvalue weighted by Crippen LogP contribution is 2.29. The van der Waals surface area contributed by atoms with Gasteiger partial charge in [0.1, 0.15) is 6.04 Å². The molecular weight excluding hydrogens is 438 g/mol. The molecule has 3 aromatic rings. The van der Waals surface area contributed by atoms with E-state index >= 15 is 0 Å². The number of rotatable bonds is 10. The van der Waals surface area contributed by atoms with Gasteiger partial charge in [0.25, 0.3) is 0 Å². The molecule has 0 spiro atoms. The summed E-state index contributed by atoms with van der Waals surface area (Å²) in [6, 6.07) is 12.4. The lowest BCUT2D eigenvalue weighted by Gasteiger charge is -2.19. The molecule has 0 radical (unpaired) electrons. The van der Waals surface area contributed by atoms with Crippen molar-refractivity contribution in [3.05, 3.63) is 70.7 Å². The van der Waals surface area contributed by atoms with Crippen LogP contribution >= 0.6 is 11.3 Å². The highest BCUT2D eigenvalue weighted by molar-refractivity contribution is 7.89. The number of methoxy groups -OCH3 is 2. The molecule has 0 aliphatic heterocycles. The van der Waals surface area contributed by atoms with Crippen LogP contribution < -0.4 is 19.5 Å². The highest BCUT2D eigenvalue weighted by Gasteiger charge is 2.27. The summed E-state index contributed by atoms with van der Waals surface area (Å²) in [5, 5.41) is 4.57. The Morgan fingerprint density at radius 2 is 1.84 bits per heavy atom. The van der Waals surface area contributed by atoms with Gasteiger partial charge in [-0.25, -0.2) is 13.4 Å². The van der Waals surface area contributed by atoms with Crippen molar-refractivity contribution in [3.8, 4) is 11.5 Å². The van der Waals surface area contributed by atoms with E-state index in [9.17, 15) is 13.2 Å². The molecule has 2 N–H and O–H groups in total. The molecule has 1 aromatic heterocycles. The number of thiazole rings is 1. The standard InChI is InChI=1S/C21H23N3O5S2/c1-28-19-9-8-17(11-20(19)29-2)31(26,27)24-18(10-15-6-4-3-5-7-15)21(25)22-12-16-13-30-14-23-16/h3-9,11,13-14,18,24H,10,12H2,1-2H3,(H,22,25). The fourth-order valence-corrected chi connectivity index (χ4v) is 4.67. The van der Waals surface area contributed by atoms with Crippen LogP contribution in [0.2, 0.25) is 0 Å². The predicted octanol–water partition coefficient (Wildman–Crippen LogP) is 2.37. The van der Waals surface area contributed by atoms with Crippen LogP contribution in [0.3, 0.4) is 0 Å². The van der Waals surface area contributed by atoms with Crippen molar-refractivity contribution in [2.45, 2.75) is 23.9 Å². The average Bonchev–Trinajstić information content (AvgIpc) is 3.30. The highest BCUT2D eigenvalue weighted by atomic mass is 32.2. The Morgan fingerprint density at radius 3 is 2.48 bits per heavy atom. The maximum Gasteiger partial charge on any atom is 0.241 e. The molecule has 0 aliphatic rings. The molecule has 1 amide bonds. The van der Waals surface area contributed by atoms with Crippen LogP contribution in [-0.2, 0) is 27.8 Å². The van der Waals surface area contributed by atoms with Crippen molar-refractivity contribution < 1.29 is 22.7 Å². The number of hydrogen-bond acceptors (Lipinski definition) is 7. The second-order valence-electron chi connectivity index (χ2n) is 6.58. The monoisotopic (exact) mass is 461 g/mol. The zero-order valence-corrected chi connectivity index (χ0v) is 18.7. The van der Waals surface area contributed by atoms with Gasteiger partial charge in [-0.1, -0.05) is 30.3 Å². The Morgan fingerprint density at radius 1 is 1.10 bits per heavy atom. The Kier molecular flexibility index (Phi) is 7.61. The van der Waals surface area contributed by atoms with Crippen LogP contribution in [0.1, 0.15) is 11.3 Å². The van der Waals surface area contributed by atoms with E-state index in [4.69, 9.17) is 9.47 Å². The fourth-order valence-electron chi connectivity index (χ4n) is 2.90. The van der Waals surface area contributed by atoms with Crippen LogP contribution in [0, 0.1) is 0 Å². The topological polar surface area (TPSA) is 107 Å². The quantitative estimate of drug-likeness (QED) is 0.480. The van der Waals surface area contributed by atoms with E-state index in [0.717, 1.165) is 5.56 Å². The first-order chi connectivity index (χ1) is 14.9. The number of sulfonamides is 1. The molecule has 0 bridgehead atoms. The molecule has 8 nitrogen and oxygen atoms in total. The third-order valence-corrected chi connectivity index (χ3v) is 6.59. The molecule has 1 heterocycles. The SMILES string of the molecule is COc1ccc(S(=O)(=O)NC(Cc2ccccc2)C(=O)NCc2cscn2)cc1OC. The number of nitrogens with zero attached hydrogens (tertiary/aromatic N) is 1. The smallest absolute Gasteiger partial charge is 0.241 e. The summed E-state index contributed by atoms with van der Waals surface area (Å²) >= 11 is 1.42. The second kappa shape index (κ2) is 10.4. The van der Waals surface area contributed by atoms with Crippen molar-refractivity contribution in [3.63, 3.8) is 0 Å². The van der Waals surface area contributed by atoms with Gasteiger partial charge in [0.2, 0.25) is 15.9 Å². The lowest BCUT2D eigenvalue weighted by Crippen LogP contribution is -2.47. The minimum absolute atomic E-state index is 0.0319. The van der Waals surface area contributed by atoms with Crippen molar-refractivity contribution in [2.24, 2.45) is 0 Å². The Hall–Kier alpha value is -2.95. The van der Waals surface area contributed by atoms with E-state index in [1.165, 1.54) is 43.8 Å². The van der Waals surface area contributed by atoms with Crippen molar-refractivity contribution in [2.75, 3.05) is 14.2 Å². The van der Waals surface area contributed by atoms with E-state index in [0.29, 0.717) is 11.4 Å². The molecule has 0 saturated carbocycles. The van der Waals surface area contributed by atoms with Gasteiger partial charge in [-0.3, -0.25) is 4.79 Å². The lowest BCUT2D eigenvalue weighted by molar-refractivity contribution is -0.122. The minimum Gasteiger partial charge on any atom is -0.493 e. The molecule has 0 aliphatic carbocycles. The summed E-state index contributed by atoms with van der Waals surface area (Å²) in [6.45, 7) is 0.214. The maximum atomic E-state index is 13.0. The molecule has 0 saturated heterocycles. The number of nitrogens with one attached hydrogen (secondary N) is 2. The zero-order chi connectivity index (χ0) is 22.3. The third kappa shape index (κ3) is 6.03. The van der Waals surface area contributed by atoms with E-state index in [1.54, 1.807) is 5.51 Å². The number of aromatic nitrogens is 1. The summed E-state index contributed by atoms with van der Waals surface area (Å²) < 4.78 is 39.0. The Labute approximate surface area is 185 Å². The second-order valence-corrected chi connectivity index (χ2v) is 9.01. The number of carbonyl (C=O) groups excluding carboxylic acids is 1. The number of hydrogen-bond donors (Lipinski definition) is 2. The number of carbonyl (C=O) groups is 1. The minimum atomic E-state index is -4.01. The summed E-state index contributed by atoms with van der Waals surface area (Å²) in [7, 11) is -1.13. The van der Waals surface area contributed by atoms with Crippen LogP contribution in [0.4, 0.5) is 0 Å². The van der Waals surface area contributed by atoms with Gasteiger partial charge >= 0.3 is 0 Å². The summed E-state index contributed by atoms with van der Waals surface area (Å²) in [5.41, 5.74) is 3.20. The number of amides is 1. The molecule has 164 valence electrons. The third-order valence-electron chi connectivity index (χ3n) is 4.49. The normalized spacial score (nSPS) is 12.2. The Balaban J connectivity index is 1.83. The van der Waals surface area contributed by atoms with Gasteiger partial charge in [-0.15, -0.1) is 11.3 Å². The molecule has 31 heavy (non-hydrogen) atoms. The van der Waals surface area contributed by atoms with E-state index in [-0.39, 0.29) is 23.6 Å². The first-order valence-corrected chi connectivity index (χ1v) is 11.8. The van der Waals surface area contributed by atoms with Gasteiger partial charge in [-0.2, -0.15) is 4.72 Å². The maximum absolute atomic E-state index is 13.0. The van der Waals surface area contributed by atoms with Crippen LogP contribution in [0.25, 0.3) is 0 Å². The molecule has 0 fully saturated rings. The Bertz CT molecular complexity index is 1100. The summed E-state index contributed by atoms with van der Waals surface area (Å²) in [6.07, 6.45) is 0.191. The molecule has 2 aromatic carbocycles. The van der Waals surface area contributed by atoms with Crippen LogP contribution in [-0.4, -0.2) is 39.6 Å². The number of benzene rings is 2. The molecule has 1 atom stereocenters.